The summed E-state index contributed by atoms with van der Waals surface area (Å²) in [5.74, 6) is 5.00. The number of benzene rings is 1. The fourth-order valence-corrected chi connectivity index (χ4v) is 1.94. The van der Waals surface area contributed by atoms with Gasteiger partial charge in [-0.3, -0.25) is 4.84 Å². The third-order valence-corrected chi connectivity index (χ3v) is 2.59. The lowest BCUT2D eigenvalue weighted by atomic mass is 10.2. The fraction of sp³-hybridized carbons (Fsp3) is 0.125. The molecular formula is C8H8N2OS. The smallest absolute Gasteiger partial charge is 0.0944 e. The Balaban J connectivity index is 2.57. The van der Waals surface area contributed by atoms with E-state index in [4.69, 9.17) is 5.90 Å². The second-order valence-corrected chi connectivity index (χ2v) is 3.28. The van der Waals surface area contributed by atoms with E-state index in [9.17, 15) is 0 Å². The molecule has 2 rings (SSSR count). The van der Waals surface area contributed by atoms with Crippen LogP contribution in [0.25, 0.3) is 10.2 Å². The molecule has 0 bridgehead atoms. The van der Waals surface area contributed by atoms with Crippen molar-refractivity contribution < 1.29 is 4.84 Å². The van der Waals surface area contributed by atoms with Gasteiger partial charge in [0.15, 0.2) is 0 Å². The summed E-state index contributed by atoms with van der Waals surface area (Å²) in [6.45, 7) is 0.444. The number of hydrogen-bond acceptors (Lipinski definition) is 4. The van der Waals surface area contributed by atoms with Gasteiger partial charge in [-0.05, 0) is 11.6 Å². The highest BCUT2D eigenvalue weighted by Gasteiger charge is 2.01. The molecule has 2 N–H and O–H groups in total. The van der Waals surface area contributed by atoms with Gasteiger partial charge >= 0.3 is 0 Å². The number of nitrogens with zero attached hydrogens (tertiary/aromatic N) is 1. The van der Waals surface area contributed by atoms with Crippen molar-refractivity contribution in [2.45, 2.75) is 6.61 Å². The van der Waals surface area contributed by atoms with Crippen molar-refractivity contribution in [1.82, 2.24) is 4.98 Å². The molecule has 1 heterocycles. The van der Waals surface area contributed by atoms with Crippen molar-refractivity contribution in [2.24, 2.45) is 5.90 Å². The molecule has 0 saturated heterocycles. The SMILES string of the molecule is NOCc1cccc2ncsc12. The largest absolute Gasteiger partial charge is 0.300 e. The van der Waals surface area contributed by atoms with E-state index in [0.717, 1.165) is 15.8 Å². The maximum Gasteiger partial charge on any atom is 0.0944 e. The Hall–Kier alpha value is -0.970. The molecule has 62 valence electrons. The quantitative estimate of drug-likeness (QED) is 0.715. The van der Waals surface area contributed by atoms with Gasteiger partial charge < -0.3 is 0 Å². The summed E-state index contributed by atoms with van der Waals surface area (Å²) in [6, 6.07) is 5.93. The van der Waals surface area contributed by atoms with Crippen molar-refractivity contribution in [1.29, 1.82) is 0 Å². The summed E-state index contributed by atoms with van der Waals surface area (Å²) in [5, 5.41) is 0. The average molecular weight is 180 g/mol. The van der Waals surface area contributed by atoms with Gasteiger partial charge in [0.1, 0.15) is 0 Å². The molecule has 0 unspecified atom stereocenters. The van der Waals surface area contributed by atoms with E-state index in [1.165, 1.54) is 0 Å². The lowest BCUT2D eigenvalue weighted by Crippen LogP contribution is -1.98. The standard InChI is InChI=1S/C8H8N2OS/c9-11-4-6-2-1-3-7-8(6)12-5-10-7/h1-3,5H,4,9H2. The molecule has 1 aromatic heterocycles. The molecule has 0 saturated carbocycles. The minimum Gasteiger partial charge on any atom is -0.300 e. The van der Waals surface area contributed by atoms with Gasteiger partial charge in [0.25, 0.3) is 0 Å². The molecule has 0 spiro atoms. The van der Waals surface area contributed by atoms with Gasteiger partial charge in [0.2, 0.25) is 0 Å². The van der Waals surface area contributed by atoms with Crippen LogP contribution in [0.15, 0.2) is 23.7 Å². The number of aromatic nitrogens is 1. The molecular weight excluding hydrogens is 172 g/mol. The zero-order chi connectivity index (χ0) is 8.39. The molecule has 2 aromatic rings. The highest BCUT2D eigenvalue weighted by Crippen LogP contribution is 2.22. The van der Waals surface area contributed by atoms with Gasteiger partial charge in [-0.1, -0.05) is 12.1 Å². The molecule has 0 atom stereocenters. The van der Waals surface area contributed by atoms with Crippen LogP contribution >= 0.6 is 11.3 Å². The van der Waals surface area contributed by atoms with Crippen LogP contribution < -0.4 is 5.90 Å². The van der Waals surface area contributed by atoms with Crippen LogP contribution in [0.3, 0.4) is 0 Å². The lowest BCUT2D eigenvalue weighted by molar-refractivity contribution is 0.125. The summed E-state index contributed by atoms with van der Waals surface area (Å²) in [5.41, 5.74) is 3.93. The number of nitrogens with two attached hydrogens (primary N) is 1. The van der Waals surface area contributed by atoms with E-state index in [2.05, 4.69) is 9.82 Å². The van der Waals surface area contributed by atoms with Crippen molar-refractivity contribution >= 4 is 21.6 Å². The van der Waals surface area contributed by atoms with Crippen molar-refractivity contribution in [2.75, 3.05) is 0 Å². The van der Waals surface area contributed by atoms with E-state index >= 15 is 0 Å². The van der Waals surface area contributed by atoms with Gasteiger partial charge in [0, 0.05) is 0 Å². The first-order valence-electron chi connectivity index (χ1n) is 3.54. The summed E-state index contributed by atoms with van der Waals surface area (Å²) in [6.07, 6.45) is 0. The molecule has 0 fully saturated rings. The number of thiazole rings is 1. The highest BCUT2D eigenvalue weighted by atomic mass is 32.1. The molecule has 0 aliphatic rings. The van der Waals surface area contributed by atoms with Crippen LogP contribution in [0.1, 0.15) is 5.56 Å². The Labute approximate surface area is 73.7 Å². The number of fused-ring (bicyclic) bond motifs is 1. The summed E-state index contributed by atoms with van der Waals surface area (Å²) in [4.78, 5) is 8.77. The van der Waals surface area contributed by atoms with E-state index < -0.39 is 0 Å². The zero-order valence-corrected chi connectivity index (χ0v) is 7.17. The van der Waals surface area contributed by atoms with E-state index in [1.807, 2.05) is 23.7 Å². The Morgan fingerprint density at radius 1 is 1.50 bits per heavy atom. The first-order valence-corrected chi connectivity index (χ1v) is 4.42. The maximum absolute atomic E-state index is 5.00. The van der Waals surface area contributed by atoms with Gasteiger partial charge in [0.05, 0.1) is 22.3 Å². The van der Waals surface area contributed by atoms with Crippen molar-refractivity contribution in [3.63, 3.8) is 0 Å². The van der Waals surface area contributed by atoms with Crippen LogP contribution in [-0.4, -0.2) is 4.98 Å². The minimum absolute atomic E-state index is 0.444. The molecule has 3 nitrogen and oxygen atoms in total. The first-order chi connectivity index (χ1) is 5.92. The Morgan fingerprint density at radius 2 is 2.42 bits per heavy atom. The fourth-order valence-electron chi connectivity index (χ4n) is 1.15. The van der Waals surface area contributed by atoms with Crippen LogP contribution in [0.5, 0.6) is 0 Å². The Morgan fingerprint density at radius 3 is 3.25 bits per heavy atom. The zero-order valence-electron chi connectivity index (χ0n) is 6.36. The van der Waals surface area contributed by atoms with E-state index in [1.54, 1.807) is 11.3 Å². The van der Waals surface area contributed by atoms with E-state index in [-0.39, 0.29) is 0 Å². The molecule has 12 heavy (non-hydrogen) atoms. The molecule has 0 amide bonds. The lowest BCUT2D eigenvalue weighted by Gasteiger charge is -1.98. The van der Waals surface area contributed by atoms with Crippen LogP contribution in [-0.2, 0) is 11.4 Å². The molecule has 0 radical (unpaired) electrons. The average Bonchev–Trinajstić information content (AvgIpc) is 2.53. The molecule has 4 heteroatoms. The van der Waals surface area contributed by atoms with Gasteiger partial charge in [-0.25, -0.2) is 10.9 Å². The summed E-state index contributed by atoms with van der Waals surface area (Å²) >= 11 is 1.61. The summed E-state index contributed by atoms with van der Waals surface area (Å²) < 4.78 is 1.16. The normalized spacial score (nSPS) is 10.8. The van der Waals surface area contributed by atoms with E-state index in [0.29, 0.717) is 6.61 Å². The van der Waals surface area contributed by atoms with Crippen molar-refractivity contribution in [3.05, 3.63) is 29.3 Å². The Kier molecular flexibility index (Phi) is 2.03. The molecule has 0 aliphatic heterocycles. The maximum atomic E-state index is 5.00. The second-order valence-electron chi connectivity index (χ2n) is 2.43. The number of hydrogen-bond donors (Lipinski definition) is 1. The van der Waals surface area contributed by atoms with Crippen LogP contribution in [0.4, 0.5) is 0 Å². The monoisotopic (exact) mass is 180 g/mol. The predicted molar refractivity (Wildman–Crippen MR) is 48.6 cm³/mol. The third-order valence-electron chi connectivity index (χ3n) is 1.68. The molecule has 1 aromatic carbocycles. The highest BCUT2D eigenvalue weighted by molar-refractivity contribution is 7.16. The minimum atomic E-state index is 0.444. The van der Waals surface area contributed by atoms with Crippen LogP contribution in [0.2, 0.25) is 0 Å². The predicted octanol–water partition coefficient (Wildman–Crippen LogP) is 1.69. The van der Waals surface area contributed by atoms with Crippen LogP contribution in [0, 0.1) is 0 Å². The third kappa shape index (κ3) is 1.20. The van der Waals surface area contributed by atoms with Gasteiger partial charge in [-0.15, -0.1) is 11.3 Å². The second kappa shape index (κ2) is 3.18. The topological polar surface area (TPSA) is 48.1 Å². The summed E-state index contributed by atoms with van der Waals surface area (Å²) in [7, 11) is 0. The number of rotatable bonds is 2. The Bertz CT molecular complexity index is 385. The van der Waals surface area contributed by atoms with Gasteiger partial charge in [-0.2, -0.15) is 0 Å². The first kappa shape index (κ1) is 7.67. The molecule has 0 aliphatic carbocycles. The van der Waals surface area contributed by atoms with Crippen molar-refractivity contribution in [3.8, 4) is 0 Å².